The Balaban J connectivity index is 2.90. The first kappa shape index (κ1) is 14.5. The number of hydrogen-bond acceptors (Lipinski definition) is 4. The molecule has 0 saturated carbocycles. The summed E-state index contributed by atoms with van der Waals surface area (Å²) in [5.41, 5.74) is -0.0747. The van der Waals surface area contributed by atoms with Crippen molar-refractivity contribution < 1.29 is 9.72 Å². The molecule has 0 fully saturated rings. The van der Waals surface area contributed by atoms with Crippen LogP contribution in [-0.2, 0) is 4.79 Å². The van der Waals surface area contributed by atoms with Crippen LogP contribution in [0.4, 0.5) is 11.4 Å². The number of amides is 1. The van der Waals surface area contributed by atoms with Gasteiger partial charge in [-0.25, -0.2) is 0 Å². The maximum Gasteiger partial charge on any atom is 0.293 e. The van der Waals surface area contributed by atoms with Crippen molar-refractivity contribution in [1.29, 1.82) is 0 Å². The first-order valence-corrected chi connectivity index (χ1v) is 5.85. The van der Waals surface area contributed by atoms with Crippen LogP contribution in [0.25, 0.3) is 0 Å². The molecular weight excluding hydrogens is 281 g/mol. The molecule has 6 nitrogen and oxygen atoms in total. The molecule has 0 aliphatic rings. The molecule has 0 atom stereocenters. The number of halogens is 2. The Bertz CT molecular complexity index is 480. The second-order valence-electron chi connectivity index (χ2n) is 3.35. The Hall–Kier alpha value is -1.53. The van der Waals surface area contributed by atoms with Gasteiger partial charge in [-0.2, -0.15) is 0 Å². The zero-order valence-electron chi connectivity index (χ0n) is 9.50. The van der Waals surface area contributed by atoms with Gasteiger partial charge in [0.25, 0.3) is 5.69 Å². The van der Waals surface area contributed by atoms with Gasteiger partial charge >= 0.3 is 0 Å². The van der Waals surface area contributed by atoms with Crippen LogP contribution in [0.3, 0.4) is 0 Å². The predicted molar refractivity (Wildman–Crippen MR) is 70.3 cm³/mol. The molecule has 0 bridgehead atoms. The van der Waals surface area contributed by atoms with Crippen LogP contribution in [0, 0.1) is 10.1 Å². The highest BCUT2D eigenvalue weighted by atomic mass is 35.5. The molecule has 1 aromatic carbocycles. The Morgan fingerprint density at radius 2 is 2.00 bits per heavy atom. The Morgan fingerprint density at radius 1 is 1.39 bits per heavy atom. The van der Waals surface area contributed by atoms with Crippen molar-refractivity contribution in [2.45, 2.75) is 6.92 Å². The number of nitro groups is 1. The molecule has 2 N–H and O–H groups in total. The number of nitrogens with zero attached hydrogens (tertiary/aromatic N) is 1. The molecule has 1 rings (SSSR count). The van der Waals surface area contributed by atoms with Crippen LogP contribution >= 0.6 is 23.2 Å². The fourth-order valence-corrected chi connectivity index (χ4v) is 1.59. The highest BCUT2D eigenvalue weighted by molar-refractivity contribution is 6.42. The first-order chi connectivity index (χ1) is 8.45. The smallest absolute Gasteiger partial charge is 0.293 e. The number of carbonyl (C=O) groups is 1. The molecule has 0 spiro atoms. The summed E-state index contributed by atoms with van der Waals surface area (Å²) in [6.45, 7) is 2.19. The van der Waals surface area contributed by atoms with Crippen molar-refractivity contribution >= 4 is 40.5 Å². The van der Waals surface area contributed by atoms with Gasteiger partial charge in [0.15, 0.2) is 0 Å². The molecule has 98 valence electrons. The van der Waals surface area contributed by atoms with Crippen molar-refractivity contribution in [3.63, 3.8) is 0 Å². The van der Waals surface area contributed by atoms with E-state index in [-0.39, 0.29) is 33.9 Å². The van der Waals surface area contributed by atoms with Crippen LogP contribution in [0.2, 0.25) is 10.0 Å². The summed E-state index contributed by atoms with van der Waals surface area (Å²) < 4.78 is 0. The van der Waals surface area contributed by atoms with E-state index in [9.17, 15) is 14.9 Å². The predicted octanol–water partition coefficient (Wildman–Crippen LogP) is 2.45. The molecule has 8 heteroatoms. The number of nitro benzene ring substituents is 1. The van der Waals surface area contributed by atoms with Gasteiger partial charge in [-0.1, -0.05) is 23.2 Å². The van der Waals surface area contributed by atoms with Gasteiger partial charge in [0.1, 0.15) is 5.69 Å². The third-order valence-corrected chi connectivity index (χ3v) is 2.77. The fourth-order valence-electron chi connectivity index (χ4n) is 1.26. The average molecular weight is 292 g/mol. The Kier molecular flexibility index (Phi) is 5.18. The molecule has 1 aromatic rings. The summed E-state index contributed by atoms with van der Waals surface area (Å²) in [5.74, 6) is -0.266. The number of rotatable bonds is 5. The second-order valence-corrected chi connectivity index (χ2v) is 4.16. The van der Waals surface area contributed by atoms with Gasteiger partial charge < -0.3 is 10.6 Å². The number of likely N-dealkylation sites (N-methyl/N-ethyl adjacent to an activating group) is 1. The maximum atomic E-state index is 11.2. The van der Waals surface area contributed by atoms with E-state index in [2.05, 4.69) is 10.6 Å². The van der Waals surface area contributed by atoms with Gasteiger partial charge in [0.2, 0.25) is 5.91 Å². The molecule has 0 unspecified atom stereocenters. The van der Waals surface area contributed by atoms with Crippen LogP contribution in [0.5, 0.6) is 0 Å². The zero-order valence-corrected chi connectivity index (χ0v) is 11.0. The number of anilines is 1. The summed E-state index contributed by atoms with van der Waals surface area (Å²) in [5, 5.41) is 16.3. The lowest BCUT2D eigenvalue weighted by atomic mass is 10.2. The number of nitrogens with one attached hydrogen (secondary N) is 2. The summed E-state index contributed by atoms with van der Waals surface area (Å²) in [7, 11) is 0. The monoisotopic (exact) mass is 291 g/mol. The first-order valence-electron chi connectivity index (χ1n) is 5.09. The van der Waals surface area contributed by atoms with E-state index in [4.69, 9.17) is 23.2 Å². The summed E-state index contributed by atoms with van der Waals surface area (Å²) in [6, 6.07) is 2.46. The normalized spacial score (nSPS) is 9.94. The number of benzene rings is 1. The quantitative estimate of drug-likeness (QED) is 0.645. The lowest BCUT2D eigenvalue weighted by molar-refractivity contribution is -0.383. The topological polar surface area (TPSA) is 84.3 Å². The van der Waals surface area contributed by atoms with Gasteiger partial charge in [-0.3, -0.25) is 14.9 Å². The molecule has 0 saturated heterocycles. The van der Waals surface area contributed by atoms with Gasteiger partial charge in [0, 0.05) is 12.6 Å². The SMILES string of the molecule is CCNC(=O)CNc1cc(Cl)c(Cl)cc1[N+](=O)[O-]. The molecule has 18 heavy (non-hydrogen) atoms. The van der Waals surface area contributed by atoms with E-state index in [0.29, 0.717) is 6.54 Å². The van der Waals surface area contributed by atoms with Crippen LogP contribution in [0.1, 0.15) is 6.92 Å². The highest BCUT2D eigenvalue weighted by Crippen LogP contribution is 2.33. The van der Waals surface area contributed by atoms with E-state index in [1.54, 1.807) is 6.92 Å². The molecule has 1 amide bonds. The fraction of sp³-hybridized carbons (Fsp3) is 0.300. The summed E-state index contributed by atoms with van der Waals surface area (Å²) >= 11 is 11.5. The molecule has 0 radical (unpaired) electrons. The standard InChI is InChI=1S/C10H11Cl2N3O3/c1-2-13-10(16)5-14-8-3-6(11)7(12)4-9(8)15(17)18/h3-4,14H,2,5H2,1H3,(H,13,16). The van der Waals surface area contributed by atoms with Crippen LogP contribution in [0.15, 0.2) is 12.1 Å². The summed E-state index contributed by atoms with van der Waals surface area (Å²) in [6.07, 6.45) is 0. The maximum absolute atomic E-state index is 11.2. The zero-order chi connectivity index (χ0) is 13.7. The average Bonchev–Trinajstić information content (AvgIpc) is 2.30. The minimum Gasteiger partial charge on any atom is -0.371 e. The van der Waals surface area contributed by atoms with Crippen LogP contribution < -0.4 is 10.6 Å². The molecule has 0 heterocycles. The minimum atomic E-state index is -0.595. The Morgan fingerprint density at radius 3 is 2.56 bits per heavy atom. The lowest BCUT2D eigenvalue weighted by Crippen LogP contribution is -2.29. The second kappa shape index (κ2) is 6.42. The van der Waals surface area contributed by atoms with Gasteiger partial charge in [-0.15, -0.1) is 0 Å². The number of hydrogen-bond donors (Lipinski definition) is 2. The lowest BCUT2D eigenvalue weighted by Gasteiger charge is -2.08. The molecular formula is C10H11Cl2N3O3. The van der Waals surface area contributed by atoms with Crippen molar-refractivity contribution in [2.24, 2.45) is 0 Å². The van der Waals surface area contributed by atoms with Gasteiger partial charge in [-0.05, 0) is 13.0 Å². The van der Waals surface area contributed by atoms with E-state index < -0.39 is 4.92 Å². The summed E-state index contributed by atoms with van der Waals surface area (Å²) in [4.78, 5) is 21.5. The molecule has 0 aliphatic heterocycles. The van der Waals surface area contributed by atoms with Crippen LogP contribution in [-0.4, -0.2) is 23.9 Å². The third kappa shape index (κ3) is 3.75. The van der Waals surface area contributed by atoms with E-state index in [1.165, 1.54) is 6.07 Å². The minimum absolute atomic E-state index is 0.0767. The van der Waals surface area contributed by atoms with Crippen molar-refractivity contribution in [3.8, 4) is 0 Å². The molecule has 0 aliphatic carbocycles. The van der Waals surface area contributed by atoms with Crippen molar-refractivity contribution in [1.82, 2.24) is 5.32 Å². The number of carbonyl (C=O) groups excluding carboxylic acids is 1. The molecule has 0 aromatic heterocycles. The Labute approximate surface area is 113 Å². The van der Waals surface area contributed by atoms with Gasteiger partial charge in [0.05, 0.1) is 21.5 Å². The largest absolute Gasteiger partial charge is 0.371 e. The van der Waals surface area contributed by atoms with E-state index in [0.717, 1.165) is 6.07 Å². The van der Waals surface area contributed by atoms with E-state index >= 15 is 0 Å². The third-order valence-electron chi connectivity index (χ3n) is 2.05. The van der Waals surface area contributed by atoms with Crippen molar-refractivity contribution in [2.75, 3.05) is 18.4 Å². The van der Waals surface area contributed by atoms with E-state index in [1.807, 2.05) is 0 Å². The highest BCUT2D eigenvalue weighted by Gasteiger charge is 2.17. The van der Waals surface area contributed by atoms with Crippen molar-refractivity contribution in [3.05, 3.63) is 32.3 Å².